The van der Waals surface area contributed by atoms with E-state index in [0.717, 1.165) is 10.5 Å². The lowest BCUT2D eigenvalue weighted by Crippen LogP contribution is -2.28. The highest BCUT2D eigenvalue weighted by molar-refractivity contribution is 8.17. The molecular formula is C16H24OS2. The number of rotatable bonds is 4. The van der Waals surface area contributed by atoms with Crippen LogP contribution in [0.3, 0.4) is 0 Å². The Kier molecular flexibility index (Phi) is 6.08. The molecule has 0 bridgehead atoms. The number of allylic oxidation sites excluding steroid dienone is 3. The third-order valence-corrected chi connectivity index (χ3v) is 7.21. The van der Waals surface area contributed by atoms with E-state index in [2.05, 4.69) is 36.2 Å². The normalized spacial score (nSPS) is 29.5. The molecule has 1 saturated carbocycles. The van der Waals surface area contributed by atoms with Gasteiger partial charge < -0.3 is 0 Å². The zero-order chi connectivity index (χ0) is 13.7. The van der Waals surface area contributed by atoms with Crippen molar-refractivity contribution < 1.29 is 4.79 Å². The van der Waals surface area contributed by atoms with Gasteiger partial charge in [-0.15, -0.1) is 23.5 Å². The van der Waals surface area contributed by atoms with E-state index in [1.807, 2.05) is 0 Å². The van der Waals surface area contributed by atoms with Crippen LogP contribution in [0.25, 0.3) is 0 Å². The van der Waals surface area contributed by atoms with E-state index >= 15 is 0 Å². The molecule has 1 aliphatic heterocycles. The van der Waals surface area contributed by atoms with Gasteiger partial charge in [-0.2, -0.15) is 0 Å². The minimum absolute atomic E-state index is 0.0910. The highest BCUT2D eigenvalue weighted by Gasteiger charge is 2.32. The van der Waals surface area contributed by atoms with E-state index in [0.29, 0.717) is 11.5 Å². The number of hydrogen-bond acceptors (Lipinski definition) is 3. The summed E-state index contributed by atoms with van der Waals surface area (Å²) in [6, 6.07) is 0. The van der Waals surface area contributed by atoms with Crippen LogP contribution in [0.1, 0.15) is 39.0 Å². The van der Waals surface area contributed by atoms with Crippen LogP contribution in [0, 0.1) is 11.8 Å². The van der Waals surface area contributed by atoms with Crippen LogP contribution in [0.2, 0.25) is 0 Å². The van der Waals surface area contributed by atoms with Gasteiger partial charge in [-0.3, -0.25) is 4.79 Å². The fraction of sp³-hybridized carbons (Fsp3) is 0.688. The molecule has 2 aliphatic rings. The monoisotopic (exact) mass is 296 g/mol. The fourth-order valence-electron chi connectivity index (χ4n) is 2.87. The van der Waals surface area contributed by atoms with Crippen molar-refractivity contribution in [3.63, 3.8) is 0 Å². The molecule has 0 aromatic rings. The molecule has 106 valence electrons. The molecule has 1 heterocycles. The summed E-state index contributed by atoms with van der Waals surface area (Å²) in [4.78, 5) is 11.7. The lowest BCUT2D eigenvalue weighted by atomic mass is 9.80. The number of thioether (sulfide) groups is 2. The topological polar surface area (TPSA) is 17.1 Å². The molecule has 2 fully saturated rings. The maximum Gasteiger partial charge on any atom is 0.180 e. The Labute approximate surface area is 125 Å². The summed E-state index contributed by atoms with van der Waals surface area (Å²) < 4.78 is 0.753. The van der Waals surface area contributed by atoms with Crippen LogP contribution in [-0.2, 0) is 4.79 Å². The Balaban J connectivity index is 1.98. The predicted octanol–water partition coefficient (Wildman–Crippen LogP) is 4.69. The van der Waals surface area contributed by atoms with Crippen LogP contribution >= 0.6 is 23.5 Å². The third-order valence-electron chi connectivity index (χ3n) is 3.99. The molecule has 0 spiro atoms. The summed E-state index contributed by atoms with van der Waals surface area (Å²) in [6.45, 7) is 5.51. The van der Waals surface area contributed by atoms with Gasteiger partial charge in [0.2, 0.25) is 0 Å². The summed E-state index contributed by atoms with van der Waals surface area (Å²) >= 11 is 4.28. The summed E-state index contributed by atoms with van der Waals surface area (Å²) in [6.07, 6.45) is 10.6. The zero-order valence-corrected chi connectivity index (χ0v) is 13.4. The molecule has 2 unspecified atom stereocenters. The SMILES string of the molecule is C=C(C)C(=O)/C=C\C1CCCCC1C1SCCCS1. The zero-order valence-electron chi connectivity index (χ0n) is 11.8. The highest BCUT2D eigenvalue weighted by atomic mass is 32.2. The van der Waals surface area contributed by atoms with E-state index in [1.165, 1.54) is 43.6 Å². The highest BCUT2D eigenvalue weighted by Crippen LogP contribution is 2.45. The van der Waals surface area contributed by atoms with Crippen LogP contribution in [0.15, 0.2) is 24.3 Å². The van der Waals surface area contributed by atoms with Crippen molar-refractivity contribution in [2.75, 3.05) is 11.5 Å². The molecule has 0 radical (unpaired) electrons. The standard InChI is InChI=1S/C16H24OS2/c1-12(2)15(17)9-8-13-6-3-4-7-14(13)16-18-10-5-11-19-16/h8-9,13-14,16H,1,3-7,10-11H2,2H3/b9-8-. The van der Waals surface area contributed by atoms with E-state index in [1.54, 1.807) is 13.0 Å². The summed E-state index contributed by atoms with van der Waals surface area (Å²) in [5, 5.41) is 0. The molecule has 3 heteroatoms. The van der Waals surface area contributed by atoms with Crippen molar-refractivity contribution in [3.05, 3.63) is 24.3 Å². The predicted molar refractivity (Wildman–Crippen MR) is 87.7 cm³/mol. The number of hydrogen-bond donors (Lipinski definition) is 0. The largest absolute Gasteiger partial charge is 0.290 e. The molecular weight excluding hydrogens is 272 g/mol. The molecule has 1 aliphatic carbocycles. The minimum Gasteiger partial charge on any atom is -0.290 e. The maximum absolute atomic E-state index is 11.7. The maximum atomic E-state index is 11.7. The molecule has 0 aromatic carbocycles. The first-order valence-electron chi connectivity index (χ1n) is 7.29. The summed E-state index contributed by atoms with van der Waals surface area (Å²) in [5.74, 6) is 4.08. The van der Waals surface area contributed by atoms with Gasteiger partial charge in [-0.1, -0.05) is 25.5 Å². The van der Waals surface area contributed by atoms with E-state index < -0.39 is 0 Å². The van der Waals surface area contributed by atoms with Crippen LogP contribution in [0.5, 0.6) is 0 Å². The van der Waals surface area contributed by atoms with Crippen LogP contribution < -0.4 is 0 Å². The Morgan fingerprint density at radius 2 is 1.84 bits per heavy atom. The van der Waals surface area contributed by atoms with E-state index in [-0.39, 0.29) is 5.78 Å². The van der Waals surface area contributed by atoms with Crippen LogP contribution in [-0.4, -0.2) is 21.9 Å². The molecule has 0 N–H and O–H groups in total. The second-order valence-electron chi connectivity index (χ2n) is 5.58. The van der Waals surface area contributed by atoms with Gasteiger partial charge in [-0.05, 0) is 61.2 Å². The van der Waals surface area contributed by atoms with Crippen LogP contribution in [0.4, 0.5) is 0 Å². The Morgan fingerprint density at radius 3 is 2.53 bits per heavy atom. The van der Waals surface area contributed by atoms with Gasteiger partial charge in [0, 0.05) is 0 Å². The third kappa shape index (κ3) is 4.42. The summed E-state index contributed by atoms with van der Waals surface area (Å²) in [5.41, 5.74) is 0.644. The smallest absolute Gasteiger partial charge is 0.180 e. The summed E-state index contributed by atoms with van der Waals surface area (Å²) in [7, 11) is 0. The Morgan fingerprint density at radius 1 is 1.16 bits per heavy atom. The average molecular weight is 297 g/mol. The first kappa shape index (κ1) is 15.2. The van der Waals surface area contributed by atoms with Gasteiger partial charge in [0.25, 0.3) is 0 Å². The lowest BCUT2D eigenvalue weighted by molar-refractivity contribution is -0.111. The molecule has 1 nitrogen and oxygen atoms in total. The minimum atomic E-state index is 0.0910. The van der Waals surface area contributed by atoms with Crippen molar-refractivity contribution in [2.45, 2.75) is 43.6 Å². The van der Waals surface area contributed by atoms with Gasteiger partial charge in [0.05, 0.1) is 4.58 Å². The van der Waals surface area contributed by atoms with Crippen molar-refractivity contribution in [1.29, 1.82) is 0 Å². The first-order valence-corrected chi connectivity index (χ1v) is 9.39. The fourth-order valence-corrected chi connectivity index (χ4v) is 6.27. The number of carbonyl (C=O) groups is 1. The van der Waals surface area contributed by atoms with Gasteiger partial charge in [0.15, 0.2) is 5.78 Å². The lowest BCUT2D eigenvalue weighted by Gasteiger charge is -2.36. The quantitative estimate of drug-likeness (QED) is 0.701. The van der Waals surface area contributed by atoms with Gasteiger partial charge in [-0.25, -0.2) is 0 Å². The van der Waals surface area contributed by atoms with Crippen molar-refractivity contribution in [3.8, 4) is 0 Å². The molecule has 1 saturated heterocycles. The van der Waals surface area contributed by atoms with Crippen molar-refractivity contribution >= 4 is 29.3 Å². The molecule has 2 rings (SSSR count). The molecule has 0 aromatic heterocycles. The molecule has 0 amide bonds. The van der Waals surface area contributed by atoms with Crippen molar-refractivity contribution in [2.24, 2.45) is 11.8 Å². The molecule has 19 heavy (non-hydrogen) atoms. The molecule has 2 atom stereocenters. The second kappa shape index (κ2) is 7.58. The number of carbonyl (C=O) groups excluding carboxylic acids is 1. The first-order chi connectivity index (χ1) is 9.18. The van der Waals surface area contributed by atoms with Gasteiger partial charge in [0.1, 0.15) is 0 Å². The number of ketones is 1. The van der Waals surface area contributed by atoms with E-state index in [9.17, 15) is 4.79 Å². The Hall–Kier alpha value is -0.150. The van der Waals surface area contributed by atoms with Gasteiger partial charge >= 0.3 is 0 Å². The van der Waals surface area contributed by atoms with E-state index in [4.69, 9.17) is 0 Å². The Bertz CT molecular complexity index is 356. The average Bonchev–Trinajstić information content (AvgIpc) is 2.46. The van der Waals surface area contributed by atoms with Crippen molar-refractivity contribution in [1.82, 2.24) is 0 Å². The second-order valence-corrected chi connectivity index (χ2v) is 8.38.